The number of hydrogen-bond acceptors (Lipinski definition) is 7. The van der Waals surface area contributed by atoms with Gasteiger partial charge in [0.05, 0.1) is 17.8 Å². The Labute approximate surface area is 189 Å². The largest absolute Gasteiger partial charge is 0.390 e. The lowest BCUT2D eigenvalue weighted by atomic mass is 9.87. The van der Waals surface area contributed by atoms with Gasteiger partial charge in [-0.05, 0) is 44.9 Å². The SMILES string of the molecule is CC1(O)CCCCC1.Cc1nc2ccc(-c3ccn4nc(N)nc(N)c34)nc2n1CC(F)F. The Morgan fingerprint density at radius 2 is 1.82 bits per heavy atom. The summed E-state index contributed by atoms with van der Waals surface area (Å²) in [5.41, 5.74) is 14.0. The molecule has 1 aliphatic carbocycles. The van der Waals surface area contributed by atoms with Crippen molar-refractivity contribution in [2.75, 3.05) is 11.5 Å². The molecule has 0 radical (unpaired) electrons. The van der Waals surface area contributed by atoms with E-state index in [1.165, 1.54) is 28.3 Å². The maximum Gasteiger partial charge on any atom is 0.256 e. The molecule has 9 nitrogen and oxygen atoms in total. The molecule has 11 heteroatoms. The van der Waals surface area contributed by atoms with Crippen LogP contribution in [0.1, 0.15) is 44.9 Å². The van der Waals surface area contributed by atoms with E-state index in [9.17, 15) is 13.9 Å². The number of aliphatic hydroxyl groups is 1. The summed E-state index contributed by atoms with van der Waals surface area (Å²) < 4.78 is 28.6. The molecule has 1 aliphatic rings. The number of halogens is 2. The zero-order valence-corrected chi connectivity index (χ0v) is 18.7. The molecule has 1 saturated carbocycles. The highest BCUT2D eigenvalue weighted by atomic mass is 19.3. The van der Waals surface area contributed by atoms with Crippen molar-refractivity contribution in [2.24, 2.45) is 0 Å². The van der Waals surface area contributed by atoms with Crippen LogP contribution in [-0.2, 0) is 6.54 Å². The Kier molecular flexibility index (Phi) is 6.15. The molecule has 176 valence electrons. The van der Waals surface area contributed by atoms with Crippen LogP contribution in [0.25, 0.3) is 27.9 Å². The molecule has 0 spiro atoms. The summed E-state index contributed by atoms with van der Waals surface area (Å²) in [6, 6.07) is 5.27. The lowest BCUT2D eigenvalue weighted by molar-refractivity contribution is 0.0225. The monoisotopic (exact) mass is 458 g/mol. The van der Waals surface area contributed by atoms with E-state index in [2.05, 4.69) is 20.1 Å². The standard InChI is InChI=1S/C15H14F2N8.C7H14O/c1-7-20-10-3-2-9(21-14(10)24(7)6-11(16)17)8-4-5-25-12(8)13(18)22-15(19)23-25;1-7(8)5-3-2-4-6-7/h2-5,11H,6H2,1H3,(H4,18,19,22,23);8H,2-6H2,1H3. The third kappa shape index (κ3) is 4.87. The molecule has 0 aromatic carbocycles. The van der Waals surface area contributed by atoms with Gasteiger partial charge < -0.3 is 21.1 Å². The van der Waals surface area contributed by atoms with Crippen LogP contribution in [0.15, 0.2) is 24.4 Å². The van der Waals surface area contributed by atoms with Crippen LogP contribution in [-0.4, -0.2) is 46.3 Å². The molecule has 1 fully saturated rings. The van der Waals surface area contributed by atoms with E-state index >= 15 is 0 Å². The van der Waals surface area contributed by atoms with Crippen LogP contribution in [0.2, 0.25) is 0 Å². The molecule has 0 unspecified atom stereocenters. The van der Waals surface area contributed by atoms with E-state index in [0.717, 1.165) is 12.8 Å². The van der Waals surface area contributed by atoms with Gasteiger partial charge in [0.25, 0.3) is 6.43 Å². The molecular formula is C22H28F2N8O. The third-order valence-corrected chi connectivity index (χ3v) is 5.86. The number of pyridine rings is 1. The van der Waals surface area contributed by atoms with Crippen molar-refractivity contribution in [3.05, 3.63) is 30.2 Å². The second-order valence-electron chi connectivity index (χ2n) is 8.64. The molecule has 4 heterocycles. The third-order valence-electron chi connectivity index (χ3n) is 5.86. The van der Waals surface area contributed by atoms with E-state index in [1.54, 1.807) is 31.3 Å². The Balaban J connectivity index is 0.000000275. The molecule has 33 heavy (non-hydrogen) atoms. The summed E-state index contributed by atoms with van der Waals surface area (Å²) in [6.07, 6.45) is 4.95. The molecule has 0 saturated heterocycles. The molecule has 0 amide bonds. The predicted molar refractivity (Wildman–Crippen MR) is 123 cm³/mol. The first-order valence-electron chi connectivity index (χ1n) is 10.9. The van der Waals surface area contributed by atoms with E-state index in [4.69, 9.17) is 11.5 Å². The Hall–Kier alpha value is -3.34. The fourth-order valence-corrected chi connectivity index (χ4v) is 4.21. The van der Waals surface area contributed by atoms with Gasteiger partial charge in [0.15, 0.2) is 11.5 Å². The molecule has 4 aromatic rings. The van der Waals surface area contributed by atoms with Crippen LogP contribution in [0.5, 0.6) is 0 Å². The highest BCUT2D eigenvalue weighted by Crippen LogP contribution is 2.29. The topological polar surface area (TPSA) is 133 Å². The minimum absolute atomic E-state index is 0.0567. The number of aryl methyl sites for hydroxylation is 1. The number of hydrogen-bond donors (Lipinski definition) is 3. The van der Waals surface area contributed by atoms with Crippen LogP contribution in [0.4, 0.5) is 20.5 Å². The van der Waals surface area contributed by atoms with E-state index < -0.39 is 13.0 Å². The fraction of sp³-hybridized carbons (Fsp3) is 0.455. The summed E-state index contributed by atoms with van der Waals surface area (Å²) in [4.78, 5) is 12.8. The van der Waals surface area contributed by atoms with Gasteiger partial charge in [-0.15, -0.1) is 5.10 Å². The number of nitrogens with zero attached hydrogens (tertiary/aromatic N) is 6. The fourth-order valence-electron chi connectivity index (χ4n) is 4.21. The zero-order chi connectivity index (χ0) is 23.8. The lowest BCUT2D eigenvalue weighted by Crippen LogP contribution is -2.26. The summed E-state index contributed by atoms with van der Waals surface area (Å²) in [5.74, 6) is 0.755. The number of anilines is 2. The Morgan fingerprint density at radius 3 is 2.45 bits per heavy atom. The van der Waals surface area contributed by atoms with Gasteiger partial charge >= 0.3 is 0 Å². The van der Waals surface area contributed by atoms with Crippen LogP contribution >= 0.6 is 0 Å². The number of nitrogens with two attached hydrogens (primary N) is 2. The quantitative estimate of drug-likeness (QED) is 0.427. The Bertz CT molecular complexity index is 1270. The maximum absolute atomic E-state index is 12.9. The van der Waals surface area contributed by atoms with Crippen molar-refractivity contribution in [2.45, 2.75) is 64.5 Å². The summed E-state index contributed by atoms with van der Waals surface area (Å²) in [6.45, 7) is 3.15. The van der Waals surface area contributed by atoms with Gasteiger partial charge in [0.2, 0.25) is 5.95 Å². The number of fused-ring (bicyclic) bond motifs is 2. The van der Waals surface area contributed by atoms with Crippen molar-refractivity contribution in [3.8, 4) is 11.3 Å². The predicted octanol–water partition coefficient (Wildman–Crippen LogP) is 3.58. The van der Waals surface area contributed by atoms with Crippen LogP contribution in [0.3, 0.4) is 0 Å². The van der Waals surface area contributed by atoms with E-state index in [0.29, 0.717) is 33.8 Å². The normalized spacial score (nSPS) is 15.7. The number of aromatic nitrogens is 6. The van der Waals surface area contributed by atoms with Gasteiger partial charge in [-0.25, -0.2) is 23.3 Å². The van der Waals surface area contributed by atoms with Crippen molar-refractivity contribution in [1.82, 2.24) is 29.1 Å². The lowest BCUT2D eigenvalue weighted by Gasteiger charge is -2.27. The second kappa shape index (κ2) is 8.89. The van der Waals surface area contributed by atoms with Crippen molar-refractivity contribution < 1.29 is 13.9 Å². The van der Waals surface area contributed by atoms with Gasteiger partial charge in [-0.1, -0.05) is 19.3 Å². The Morgan fingerprint density at radius 1 is 1.09 bits per heavy atom. The molecule has 5 N–H and O–H groups in total. The highest BCUT2D eigenvalue weighted by Gasteiger charge is 2.22. The summed E-state index contributed by atoms with van der Waals surface area (Å²) in [7, 11) is 0. The first kappa shape index (κ1) is 22.8. The van der Waals surface area contributed by atoms with Crippen LogP contribution in [0, 0.1) is 6.92 Å². The van der Waals surface area contributed by atoms with E-state index in [-0.39, 0.29) is 17.4 Å². The average Bonchev–Trinajstić information content (AvgIpc) is 3.29. The van der Waals surface area contributed by atoms with Gasteiger partial charge in [-0.2, -0.15) is 4.98 Å². The smallest absolute Gasteiger partial charge is 0.256 e. The minimum Gasteiger partial charge on any atom is -0.390 e. The van der Waals surface area contributed by atoms with Gasteiger partial charge in [0, 0.05) is 11.8 Å². The van der Waals surface area contributed by atoms with E-state index in [1.807, 2.05) is 6.92 Å². The maximum atomic E-state index is 12.9. The molecule has 5 rings (SSSR count). The highest BCUT2D eigenvalue weighted by molar-refractivity contribution is 5.88. The molecule has 0 bridgehead atoms. The molecular weight excluding hydrogens is 430 g/mol. The summed E-state index contributed by atoms with van der Waals surface area (Å²) >= 11 is 0. The van der Waals surface area contributed by atoms with Gasteiger partial charge in [0.1, 0.15) is 16.9 Å². The zero-order valence-electron chi connectivity index (χ0n) is 18.7. The van der Waals surface area contributed by atoms with Crippen molar-refractivity contribution >= 4 is 28.4 Å². The molecule has 0 atom stereocenters. The number of alkyl halides is 2. The number of rotatable bonds is 3. The first-order valence-corrected chi connectivity index (χ1v) is 10.9. The summed E-state index contributed by atoms with van der Waals surface area (Å²) in [5, 5.41) is 13.4. The second-order valence-corrected chi connectivity index (χ2v) is 8.64. The number of imidazole rings is 1. The number of nitrogen functional groups attached to an aromatic ring is 2. The van der Waals surface area contributed by atoms with Gasteiger partial charge in [-0.3, -0.25) is 0 Å². The average molecular weight is 459 g/mol. The van der Waals surface area contributed by atoms with Crippen LogP contribution < -0.4 is 11.5 Å². The molecule has 4 aromatic heterocycles. The first-order chi connectivity index (χ1) is 15.6. The molecule has 0 aliphatic heterocycles. The van der Waals surface area contributed by atoms with Crippen molar-refractivity contribution in [3.63, 3.8) is 0 Å². The minimum atomic E-state index is -2.50. The van der Waals surface area contributed by atoms with Crippen molar-refractivity contribution in [1.29, 1.82) is 0 Å².